The molecule has 0 radical (unpaired) electrons. The average molecular weight is 425 g/mol. The van der Waals surface area contributed by atoms with Crippen LogP contribution in [-0.4, -0.2) is 5.78 Å². The van der Waals surface area contributed by atoms with Gasteiger partial charge in [-0.1, -0.05) is 24.3 Å². The molecule has 22 heavy (non-hydrogen) atoms. The first-order valence-electron chi connectivity index (χ1n) is 6.50. The van der Waals surface area contributed by atoms with Crippen molar-refractivity contribution in [2.75, 3.05) is 0 Å². The van der Waals surface area contributed by atoms with Crippen molar-refractivity contribution in [2.24, 2.45) is 0 Å². The Morgan fingerprint density at radius 3 is 2.50 bits per heavy atom. The average Bonchev–Trinajstić information content (AvgIpc) is 2.48. The number of Topliss-reactive ketones (excluding diaryl/α,β-unsaturated/α-hetero) is 1. The quantitative estimate of drug-likeness (QED) is 0.452. The Bertz CT molecular complexity index is 836. The number of nitrogens with zero attached hydrogens (tertiary/aromatic N) is 1. The summed E-state index contributed by atoms with van der Waals surface area (Å²) in [5, 5.41) is 1.13. The van der Waals surface area contributed by atoms with Gasteiger partial charge in [0.1, 0.15) is 5.82 Å². The van der Waals surface area contributed by atoms with Gasteiger partial charge in [-0.3, -0.25) is 4.79 Å². The van der Waals surface area contributed by atoms with Crippen LogP contribution in [0.1, 0.15) is 10.4 Å². The highest BCUT2D eigenvalue weighted by Gasteiger charge is 2.16. The van der Waals surface area contributed by atoms with Gasteiger partial charge in [-0.05, 0) is 39.5 Å². The van der Waals surface area contributed by atoms with Crippen molar-refractivity contribution in [3.8, 4) is 0 Å². The fourth-order valence-corrected chi connectivity index (χ4v) is 2.76. The molecule has 0 atom stereocenters. The van der Waals surface area contributed by atoms with Crippen molar-refractivity contribution in [1.82, 2.24) is 0 Å². The zero-order chi connectivity index (χ0) is 14.8. The molecule has 0 amide bonds. The van der Waals surface area contributed by atoms with E-state index in [0.29, 0.717) is 16.3 Å². The molecule has 0 saturated heterocycles. The van der Waals surface area contributed by atoms with Crippen LogP contribution < -0.4 is 21.5 Å². The van der Waals surface area contributed by atoms with E-state index in [1.807, 2.05) is 30.6 Å². The Kier molecular flexibility index (Phi) is 5.42. The first-order valence-corrected chi connectivity index (χ1v) is 7.29. The lowest BCUT2D eigenvalue weighted by atomic mass is 10.0. The fourth-order valence-electron chi connectivity index (χ4n) is 2.34. The maximum absolute atomic E-state index is 13.8. The van der Waals surface area contributed by atoms with Crippen LogP contribution in [0.25, 0.3) is 10.8 Å². The van der Waals surface area contributed by atoms with Gasteiger partial charge in [0.05, 0.1) is 4.47 Å². The molecule has 0 fully saturated rings. The molecule has 1 heterocycles. The zero-order valence-electron chi connectivity index (χ0n) is 11.5. The summed E-state index contributed by atoms with van der Waals surface area (Å²) in [5.41, 5.74) is 0.541. The second-order valence-electron chi connectivity index (χ2n) is 4.76. The SMILES string of the molecule is O=C(C[n+]1cccc(Br)c1)c1ccc(F)c2ccccc12.[Br-]. The maximum Gasteiger partial charge on any atom is 0.228 e. The van der Waals surface area contributed by atoms with E-state index in [-0.39, 0.29) is 35.1 Å². The maximum atomic E-state index is 13.8. The predicted molar refractivity (Wildman–Crippen MR) is 82.6 cm³/mol. The summed E-state index contributed by atoms with van der Waals surface area (Å²) >= 11 is 3.38. The normalized spacial score (nSPS) is 10.3. The van der Waals surface area contributed by atoms with Crippen molar-refractivity contribution < 1.29 is 30.7 Å². The Hall–Kier alpha value is -1.59. The highest BCUT2D eigenvalue weighted by Crippen LogP contribution is 2.22. The molecule has 0 aliphatic carbocycles. The number of pyridine rings is 1. The lowest BCUT2D eigenvalue weighted by Gasteiger charge is -2.05. The number of fused-ring (bicyclic) bond motifs is 1. The van der Waals surface area contributed by atoms with E-state index >= 15 is 0 Å². The Balaban J connectivity index is 0.00000176. The molecule has 0 unspecified atom stereocenters. The van der Waals surface area contributed by atoms with Crippen LogP contribution in [0.4, 0.5) is 4.39 Å². The van der Waals surface area contributed by atoms with Gasteiger partial charge >= 0.3 is 0 Å². The predicted octanol–water partition coefficient (Wildman–Crippen LogP) is 0.916. The number of ketones is 1. The Morgan fingerprint density at radius 1 is 1.05 bits per heavy atom. The molecule has 3 rings (SSSR count). The van der Waals surface area contributed by atoms with E-state index in [4.69, 9.17) is 0 Å². The highest BCUT2D eigenvalue weighted by molar-refractivity contribution is 9.10. The first-order chi connectivity index (χ1) is 10.1. The summed E-state index contributed by atoms with van der Waals surface area (Å²) in [4.78, 5) is 12.5. The van der Waals surface area contributed by atoms with Gasteiger partial charge in [-0.25, -0.2) is 4.39 Å². The molecule has 0 saturated carbocycles. The van der Waals surface area contributed by atoms with E-state index in [2.05, 4.69) is 15.9 Å². The number of hydrogen-bond donors (Lipinski definition) is 0. The van der Waals surface area contributed by atoms with Crippen molar-refractivity contribution in [3.63, 3.8) is 0 Å². The smallest absolute Gasteiger partial charge is 0.228 e. The van der Waals surface area contributed by atoms with Crippen LogP contribution in [0.2, 0.25) is 0 Å². The molecule has 112 valence electrons. The van der Waals surface area contributed by atoms with Crippen LogP contribution in [0, 0.1) is 5.82 Å². The van der Waals surface area contributed by atoms with Gasteiger partial charge in [-0.2, -0.15) is 4.57 Å². The first kappa shape index (κ1) is 16.8. The molecular weight excluding hydrogens is 413 g/mol. The third-order valence-corrected chi connectivity index (χ3v) is 3.79. The van der Waals surface area contributed by atoms with E-state index < -0.39 is 0 Å². The second-order valence-corrected chi connectivity index (χ2v) is 5.67. The van der Waals surface area contributed by atoms with Gasteiger partial charge in [0.25, 0.3) is 0 Å². The topological polar surface area (TPSA) is 20.9 Å². The molecular formula is C17H12Br2FNO. The number of carbonyl (C=O) groups is 1. The van der Waals surface area contributed by atoms with E-state index in [1.165, 1.54) is 6.07 Å². The Labute approximate surface area is 146 Å². The molecule has 5 heteroatoms. The van der Waals surface area contributed by atoms with Gasteiger partial charge in [0.2, 0.25) is 12.3 Å². The van der Waals surface area contributed by atoms with E-state index in [1.54, 1.807) is 28.8 Å². The summed E-state index contributed by atoms with van der Waals surface area (Å²) in [5.74, 6) is -0.355. The largest absolute Gasteiger partial charge is 1.00 e. The molecule has 0 bridgehead atoms. The van der Waals surface area contributed by atoms with Crippen molar-refractivity contribution in [1.29, 1.82) is 0 Å². The molecule has 0 spiro atoms. The lowest BCUT2D eigenvalue weighted by molar-refractivity contribution is -0.683. The molecule has 1 aromatic heterocycles. The fraction of sp³-hybridized carbons (Fsp3) is 0.0588. The van der Waals surface area contributed by atoms with Crippen LogP contribution in [-0.2, 0) is 6.54 Å². The van der Waals surface area contributed by atoms with Crippen molar-refractivity contribution >= 4 is 32.5 Å². The van der Waals surface area contributed by atoms with Gasteiger partial charge in [-0.15, -0.1) is 0 Å². The van der Waals surface area contributed by atoms with Gasteiger partial charge in [0, 0.05) is 17.0 Å². The number of hydrogen-bond acceptors (Lipinski definition) is 1. The van der Waals surface area contributed by atoms with Gasteiger partial charge in [0.15, 0.2) is 12.4 Å². The van der Waals surface area contributed by atoms with Crippen molar-refractivity contribution in [3.05, 3.63) is 76.8 Å². The summed E-state index contributed by atoms with van der Waals surface area (Å²) in [7, 11) is 0. The Morgan fingerprint density at radius 2 is 1.77 bits per heavy atom. The van der Waals surface area contributed by atoms with Crippen LogP contribution in [0.3, 0.4) is 0 Å². The third kappa shape index (κ3) is 3.42. The minimum atomic E-state index is -0.308. The summed E-state index contributed by atoms with van der Waals surface area (Å²) in [6, 6.07) is 13.7. The molecule has 0 aliphatic rings. The minimum Gasteiger partial charge on any atom is -1.00 e. The number of carbonyl (C=O) groups excluding carboxylic acids is 1. The lowest BCUT2D eigenvalue weighted by Crippen LogP contribution is -3.00. The third-order valence-electron chi connectivity index (χ3n) is 3.32. The standard InChI is InChI=1S/C17H12BrFNO.BrH/c18-12-4-3-9-20(10-12)11-17(21)15-7-8-16(19)14-6-2-1-5-13(14)15;/h1-10H,11H2;1H/q+1;/p-1. The molecule has 2 aromatic carbocycles. The minimum absolute atomic E-state index is 0. The van der Waals surface area contributed by atoms with Crippen LogP contribution in [0.15, 0.2) is 65.4 Å². The highest BCUT2D eigenvalue weighted by atomic mass is 79.9. The number of benzene rings is 2. The monoisotopic (exact) mass is 423 g/mol. The number of aromatic nitrogens is 1. The summed E-state index contributed by atoms with van der Waals surface area (Å²) < 4.78 is 16.5. The number of halogens is 3. The van der Waals surface area contributed by atoms with Gasteiger partial charge < -0.3 is 17.0 Å². The number of rotatable bonds is 3. The summed E-state index contributed by atoms with van der Waals surface area (Å²) in [6.45, 7) is 0.217. The molecule has 0 N–H and O–H groups in total. The van der Waals surface area contributed by atoms with Crippen molar-refractivity contribution in [2.45, 2.75) is 6.54 Å². The van der Waals surface area contributed by atoms with Crippen LogP contribution in [0.5, 0.6) is 0 Å². The summed E-state index contributed by atoms with van der Waals surface area (Å²) in [6.07, 6.45) is 3.66. The molecule has 0 aliphatic heterocycles. The second kappa shape index (κ2) is 7.11. The van der Waals surface area contributed by atoms with Crippen LogP contribution >= 0.6 is 15.9 Å². The zero-order valence-corrected chi connectivity index (χ0v) is 14.6. The van der Waals surface area contributed by atoms with E-state index in [9.17, 15) is 9.18 Å². The molecule has 2 nitrogen and oxygen atoms in total. The van der Waals surface area contributed by atoms with E-state index in [0.717, 1.165) is 4.47 Å². The molecule has 3 aromatic rings.